The molecular weight excluding hydrogens is 326 g/mol. The topological polar surface area (TPSA) is 12.0 Å². The molecule has 3 rings (SSSR count). The molecule has 0 aliphatic carbocycles. The van der Waals surface area contributed by atoms with Crippen molar-refractivity contribution in [2.45, 2.75) is 38.6 Å². The Balaban J connectivity index is 1.61. The van der Waals surface area contributed by atoms with Crippen LogP contribution in [-0.2, 0) is 6.42 Å². The fraction of sp³-hybridized carbons (Fsp3) is 0.308. The van der Waals surface area contributed by atoms with Gasteiger partial charge in [0.1, 0.15) is 0 Å². The lowest BCUT2D eigenvalue weighted by Crippen LogP contribution is -2.31. The monoisotopic (exact) mass is 357 g/mol. The van der Waals surface area contributed by atoms with Crippen LogP contribution in [0.15, 0.2) is 91.0 Å². The van der Waals surface area contributed by atoms with E-state index in [-0.39, 0.29) is 0 Å². The Morgan fingerprint density at radius 1 is 0.667 bits per heavy atom. The lowest BCUT2D eigenvalue weighted by Gasteiger charge is -2.28. The molecule has 0 fully saturated rings. The van der Waals surface area contributed by atoms with Gasteiger partial charge in [0.25, 0.3) is 0 Å². The minimum absolute atomic E-state index is 0.436. The fourth-order valence-corrected chi connectivity index (χ4v) is 4.05. The van der Waals surface area contributed by atoms with E-state index in [2.05, 4.69) is 110 Å². The zero-order chi connectivity index (χ0) is 18.9. The summed E-state index contributed by atoms with van der Waals surface area (Å²) < 4.78 is 0. The normalized spacial score (nSPS) is 13.4. The summed E-state index contributed by atoms with van der Waals surface area (Å²) in [5.74, 6) is 1.000. The van der Waals surface area contributed by atoms with Crippen LogP contribution in [0.1, 0.15) is 42.9 Å². The summed E-state index contributed by atoms with van der Waals surface area (Å²) in [4.78, 5) is 0. The van der Waals surface area contributed by atoms with Gasteiger partial charge in [-0.25, -0.2) is 0 Å². The van der Waals surface area contributed by atoms with E-state index in [1.807, 2.05) is 0 Å². The summed E-state index contributed by atoms with van der Waals surface area (Å²) in [7, 11) is 0. The molecule has 27 heavy (non-hydrogen) atoms. The van der Waals surface area contributed by atoms with E-state index in [1.54, 1.807) is 0 Å². The maximum absolute atomic E-state index is 3.72. The van der Waals surface area contributed by atoms with Crippen LogP contribution in [0.4, 0.5) is 0 Å². The zero-order valence-electron chi connectivity index (χ0n) is 16.5. The van der Waals surface area contributed by atoms with Crippen LogP contribution in [0, 0.1) is 5.92 Å². The lowest BCUT2D eigenvalue weighted by molar-refractivity contribution is 0.393. The summed E-state index contributed by atoms with van der Waals surface area (Å²) in [5.41, 5.74) is 4.22. The van der Waals surface area contributed by atoms with Crippen molar-refractivity contribution < 1.29 is 0 Å². The first kappa shape index (κ1) is 19.4. The van der Waals surface area contributed by atoms with Crippen LogP contribution in [0.2, 0.25) is 0 Å². The standard InChI is InChI=1S/C26H31N/c1-21(20-22(2)27-19-18-23-12-6-3-7-13-23)26(24-14-8-4-9-15-24)25-16-10-5-11-17-25/h3-17,21-22,26-27H,18-20H2,1-2H3. The van der Waals surface area contributed by atoms with Gasteiger partial charge in [0.05, 0.1) is 0 Å². The van der Waals surface area contributed by atoms with E-state index in [1.165, 1.54) is 16.7 Å². The minimum Gasteiger partial charge on any atom is -0.314 e. The van der Waals surface area contributed by atoms with E-state index in [0.717, 1.165) is 19.4 Å². The largest absolute Gasteiger partial charge is 0.314 e. The molecule has 1 heteroatoms. The summed E-state index contributed by atoms with van der Waals surface area (Å²) >= 11 is 0. The first-order chi connectivity index (χ1) is 13.2. The summed E-state index contributed by atoms with van der Waals surface area (Å²) in [6, 6.07) is 33.1. The molecule has 1 nitrogen and oxygen atoms in total. The van der Waals surface area contributed by atoms with Gasteiger partial charge in [-0.2, -0.15) is 0 Å². The zero-order valence-corrected chi connectivity index (χ0v) is 16.5. The van der Waals surface area contributed by atoms with E-state index in [4.69, 9.17) is 0 Å². The van der Waals surface area contributed by atoms with E-state index in [9.17, 15) is 0 Å². The van der Waals surface area contributed by atoms with Crippen molar-refractivity contribution in [2.24, 2.45) is 5.92 Å². The first-order valence-corrected chi connectivity index (χ1v) is 10.1. The first-order valence-electron chi connectivity index (χ1n) is 10.1. The van der Waals surface area contributed by atoms with Crippen LogP contribution in [0.5, 0.6) is 0 Å². The molecule has 140 valence electrons. The van der Waals surface area contributed by atoms with Crippen LogP contribution in [0.3, 0.4) is 0 Å². The molecule has 0 bridgehead atoms. The van der Waals surface area contributed by atoms with Gasteiger partial charge in [-0.1, -0.05) is 97.9 Å². The molecule has 0 aliphatic rings. The summed E-state index contributed by atoms with van der Waals surface area (Å²) in [6.07, 6.45) is 2.24. The van der Waals surface area contributed by atoms with Crippen LogP contribution in [0.25, 0.3) is 0 Å². The van der Waals surface area contributed by atoms with Crippen molar-refractivity contribution in [1.82, 2.24) is 5.32 Å². The van der Waals surface area contributed by atoms with Gasteiger partial charge in [0.2, 0.25) is 0 Å². The highest BCUT2D eigenvalue weighted by Crippen LogP contribution is 2.34. The highest BCUT2D eigenvalue weighted by Gasteiger charge is 2.22. The fourth-order valence-electron chi connectivity index (χ4n) is 4.05. The van der Waals surface area contributed by atoms with Crippen LogP contribution < -0.4 is 5.32 Å². The van der Waals surface area contributed by atoms with Gasteiger partial charge >= 0.3 is 0 Å². The maximum atomic E-state index is 3.72. The van der Waals surface area contributed by atoms with E-state index in [0.29, 0.717) is 17.9 Å². The molecule has 1 N–H and O–H groups in total. The molecule has 0 saturated heterocycles. The third-order valence-electron chi connectivity index (χ3n) is 5.36. The van der Waals surface area contributed by atoms with Gasteiger partial charge in [-0.15, -0.1) is 0 Å². The second kappa shape index (κ2) is 10.1. The molecule has 2 atom stereocenters. The van der Waals surface area contributed by atoms with Gasteiger partial charge < -0.3 is 5.32 Å². The Morgan fingerprint density at radius 2 is 1.15 bits per heavy atom. The summed E-state index contributed by atoms with van der Waals surface area (Å²) in [6.45, 7) is 5.73. The predicted octanol–water partition coefficient (Wildman–Crippen LogP) is 6.07. The molecule has 3 aromatic carbocycles. The maximum Gasteiger partial charge on any atom is 0.0116 e. The smallest absolute Gasteiger partial charge is 0.0116 e. The number of benzene rings is 3. The molecule has 0 radical (unpaired) electrons. The second-order valence-corrected chi connectivity index (χ2v) is 7.60. The van der Waals surface area contributed by atoms with Gasteiger partial charge in [0, 0.05) is 12.0 Å². The Bertz CT molecular complexity index is 728. The van der Waals surface area contributed by atoms with Gasteiger partial charge in [-0.3, -0.25) is 0 Å². The summed E-state index contributed by atoms with van der Waals surface area (Å²) in [5, 5.41) is 3.72. The molecule has 0 saturated carbocycles. The highest BCUT2D eigenvalue weighted by atomic mass is 14.9. The molecule has 0 amide bonds. The Morgan fingerprint density at radius 3 is 1.67 bits per heavy atom. The van der Waals surface area contributed by atoms with Crippen molar-refractivity contribution in [3.63, 3.8) is 0 Å². The van der Waals surface area contributed by atoms with Crippen LogP contribution in [-0.4, -0.2) is 12.6 Å². The van der Waals surface area contributed by atoms with Crippen molar-refractivity contribution in [1.29, 1.82) is 0 Å². The molecule has 0 aliphatic heterocycles. The van der Waals surface area contributed by atoms with Gasteiger partial charge in [0.15, 0.2) is 0 Å². The Hall–Kier alpha value is -2.38. The van der Waals surface area contributed by atoms with E-state index < -0.39 is 0 Å². The molecule has 2 unspecified atom stereocenters. The number of hydrogen-bond acceptors (Lipinski definition) is 1. The third-order valence-corrected chi connectivity index (χ3v) is 5.36. The number of nitrogens with one attached hydrogen (secondary N) is 1. The van der Waals surface area contributed by atoms with Crippen LogP contribution >= 0.6 is 0 Å². The molecular formula is C26H31N. The average Bonchev–Trinajstić information content (AvgIpc) is 2.70. The molecule has 0 spiro atoms. The van der Waals surface area contributed by atoms with Crippen molar-refractivity contribution in [3.05, 3.63) is 108 Å². The van der Waals surface area contributed by atoms with Crippen molar-refractivity contribution in [3.8, 4) is 0 Å². The average molecular weight is 358 g/mol. The molecule has 0 heterocycles. The quantitative estimate of drug-likeness (QED) is 0.490. The van der Waals surface area contributed by atoms with Gasteiger partial charge in [-0.05, 0) is 48.9 Å². The van der Waals surface area contributed by atoms with Crippen molar-refractivity contribution >= 4 is 0 Å². The minimum atomic E-state index is 0.436. The van der Waals surface area contributed by atoms with E-state index >= 15 is 0 Å². The second-order valence-electron chi connectivity index (χ2n) is 7.60. The Labute approximate surface area is 164 Å². The predicted molar refractivity (Wildman–Crippen MR) is 116 cm³/mol. The third kappa shape index (κ3) is 5.80. The Kier molecular flexibility index (Phi) is 7.24. The lowest BCUT2D eigenvalue weighted by atomic mass is 9.79. The van der Waals surface area contributed by atoms with Crippen molar-refractivity contribution in [2.75, 3.05) is 6.54 Å². The molecule has 0 aromatic heterocycles. The number of rotatable bonds is 9. The molecule has 3 aromatic rings. The highest BCUT2D eigenvalue weighted by molar-refractivity contribution is 5.33. The SMILES string of the molecule is CC(CC(C)C(c1ccccc1)c1ccccc1)NCCc1ccccc1. The number of hydrogen-bond donors (Lipinski definition) is 1.